The van der Waals surface area contributed by atoms with Gasteiger partial charge in [0.15, 0.2) is 5.78 Å². The van der Waals surface area contributed by atoms with Crippen LogP contribution >= 0.6 is 0 Å². The number of hydrogen-bond acceptors (Lipinski definition) is 4. The van der Waals surface area contributed by atoms with Crippen molar-refractivity contribution in [2.45, 2.75) is 70.7 Å². The van der Waals surface area contributed by atoms with Crippen LogP contribution in [0.5, 0.6) is 0 Å². The molecule has 5 aliphatic rings. The molecule has 3 saturated carbocycles. The topological polar surface area (TPSA) is 55.9 Å². The van der Waals surface area contributed by atoms with Crippen molar-refractivity contribution in [3.63, 3.8) is 0 Å². The summed E-state index contributed by atoms with van der Waals surface area (Å²) in [6.45, 7) is 3.88. The van der Waals surface area contributed by atoms with Gasteiger partial charge in [-0.05, 0) is 62.4 Å². The van der Waals surface area contributed by atoms with Crippen molar-refractivity contribution in [3.8, 4) is 0 Å². The van der Waals surface area contributed by atoms with Crippen LogP contribution in [0.3, 0.4) is 0 Å². The molecule has 0 aromatic rings. The van der Waals surface area contributed by atoms with Gasteiger partial charge in [0.2, 0.25) is 0 Å². The number of esters is 1. The van der Waals surface area contributed by atoms with Crippen molar-refractivity contribution in [1.29, 1.82) is 0 Å². The predicted octanol–water partition coefficient (Wildman–Crippen LogP) is 3.05. The van der Waals surface area contributed by atoms with E-state index in [0.717, 1.165) is 19.3 Å². The van der Waals surface area contributed by atoms with E-state index in [0.29, 0.717) is 23.7 Å². The first-order valence-electron chi connectivity index (χ1n) is 9.56. The highest BCUT2D eigenvalue weighted by atomic mass is 16.6. The van der Waals surface area contributed by atoms with Gasteiger partial charge in [-0.2, -0.15) is 0 Å². The highest BCUT2D eigenvalue weighted by Crippen LogP contribution is 2.63. The predicted molar refractivity (Wildman–Crippen MR) is 87.1 cm³/mol. The second-order valence-electron chi connectivity index (χ2n) is 8.86. The molecule has 0 bridgehead atoms. The molecule has 0 radical (unpaired) electrons. The first-order valence-corrected chi connectivity index (χ1v) is 9.56. The van der Waals surface area contributed by atoms with Crippen LogP contribution in [0.15, 0.2) is 11.6 Å². The highest BCUT2D eigenvalue weighted by Gasteiger charge is 2.62. The zero-order valence-corrected chi connectivity index (χ0v) is 14.5. The third-order valence-corrected chi connectivity index (χ3v) is 7.86. The molecule has 4 nitrogen and oxygen atoms in total. The smallest absolute Gasteiger partial charge is 0.302 e. The van der Waals surface area contributed by atoms with Crippen LogP contribution in [0.1, 0.15) is 52.4 Å². The number of rotatable bonds is 1. The van der Waals surface area contributed by atoms with Gasteiger partial charge < -0.3 is 9.47 Å². The van der Waals surface area contributed by atoms with Crippen LogP contribution in [0.4, 0.5) is 0 Å². The Kier molecular flexibility index (Phi) is 3.11. The average Bonchev–Trinajstić information content (AvgIpc) is 3.27. The third kappa shape index (κ3) is 1.95. The van der Waals surface area contributed by atoms with Gasteiger partial charge in [-0.15, -0.1) is 0 Å². The molecule has 4 heteroatoms. The molecule has 0 spiro atoms. The molecule has 4 aliphatic carbocycles. The van der Waals surface area contributed by atoms with Crippen LogP contribution in [0.25, 0.3) is 0 Å². The second-order valence-corrected chi connectivity index (χ2v) is 8.86. The molecule has 0 amide bonds. The lowest BCUT2D eigenvalue weighted by Gasteiger charge is -2.53. The molecule has 5 rings (SSSR count). The van der Waals surface area contributed by atoms with Gasteiger partial charge in [-0.25, -0.2) is 0 Å². The van der Waals surface area contributed by atoms with E-state index in [-0.39, 0.29) is 35.5 Å². The maximum Gasteiger partial charge on any atom is 0.302 e. The quantitative estimate of drug-likeness (QED) is 0.548. The minimum absolute atomic E-state index is 0.0933. The monoisotopic (exact) mass is 330 g/mol. The summed E-state index contributed by atoms with van der Waals surface area (Å²) in [7, 11) is 0. The zero-order chi connectivity index (χ0) is 16.6. The number of carbonyl (C=O) groups is 2. The Morgan fingerprint density at radius 2 is 2.08 bits per heavy atom. The number of epoxide rings is 1. The third-order valence-electron chi connectivity index (χ3n) is 7.86. The van der Waals surface area contributed by atoms with Gasteiger partial charge >= 0.3 is 5.97 Å². The van der Waals surface area contributed by atoms with E-state index < -0.39 is 0 Å². The van der Waals surface area contributed by atoms with E-state index in [1.165, 1.54) is 31.8 Å². The van der Waals surface area contributed by atoms with E-state index >= 15 is 0 Å². The summed E-state index contributed by atoms with van der Waals surface area (Å²) in [6.07, 6.45) is 8.76. The lowest BCUT2D eigenvalue weighted by Crippen LogP contribution is -2.49. The standard InChI is InChI=1S/C20H26O4/c1-10(21)23-16-6-5-14-12-4-3-11-9-15(22)18-19(24-18)17(11)13(12)7-8-20(14,16)2/h9,12-14,16-19H,3-8H2,1-2H3/t12-,13+,14+,16+,17+,18+,19+,20+/m1/s1. The summed E-state index contributed by atoms with van der Waals surface area (Å²) >= 11 is 0. The molecular formula is C20H26O4. The lowest BCUT2D eigenvalue weighted by atomic mass is 9.52. The molecular weight excluding hydrogens is 304 g/mol. The zero-order valence-electron chi connectivity index (χ0n) is 14.5. The van der Waals surface area contributed by atoms with Crippen molar-refractivity contribution >= 4 is 11.8 Å². The van der Waals surface area contributed by atoms with Crippen LogP contribution in [0.2, 0.25) is 0 Å². The fourth-order valence-corrected chi connectivity index (χ4v) is 6.81. The van der Waals surface area contributed by atoms with Crippen molar-refractivity contribution < 1.29 is 19.1 Å². The Morgan fingerprint density at radius 3 is 2.88 bits per heavy atom. The Bertz CT molecular complexity index is 638. The van der Waals surface area contributed by atoms with E-state index in [9.17, 15) is 9.59 Å². The van der Waals surface area contributed by atoms with Gasteiger partial charge in [-0.1, -0.05) is 12.5 Å². The maximum absolute atomic E-state index is 12.0. The maximum atomic E-state index is 12.0. The van der Waals surface area contributed by atoms with Gasteiger partial charge in [0.1, 0.15) is 12.2 Å². The van der Waals surface area contributed by atoms with Crippen LogP contribution in [-0.2, 0) is 19.1 Å². The largest absolute Gasteiger partial charge is 0.462 e. The Labute approximate surface area is 143 Å². The fraction of sp³-hybridized carbons (Fsp3) is 0.800. The van der Waals surface area contributed by atoms with Gasteiger partial charge in [-0.3, -0.25) is 9.59 Å². The number of carbonyl (C=O) groups excluding carboxylic acids is 2. The lowest BCUT2D eigenvalue weighted by molar-refractivity contribution is -0.156. The van der Waals surface area contributed by atoms with Gasteiger partial charge in [0.25, 0.3) is 0 Å². The van der Waals surface area contributed by atoms with Crippen LogP contribution in [-0.4, -0.2) is 30.1 Å². The average molecular weight is 330 g/mol. The first kappa shape index (κ1) is 15.1. The summed E-state index contributed by atoms with van der Waals surface area (Å²) in [5, 5.41) is 0. The second kappa shape index (κ2) is 4.94. The molecule has 0 aromatic carbocycles. The van der Waals surface area contributed by atoms with Crippen LogP contribution in [0, 0.1) is 29.1 Å². The Hall–Kier alpha value is -1.16. The number of ether oxygens (including phenoxy) is 2. The molecule has 1 saturated heterocycles. The minimum Gasteiger partial charge on any atom is -0.462 e. The minimum atomic E-state index is -0.141. The summed E-state index contributed by atoms with van der Waals surface area (Å²) in [5.41, 5.74) is 1.50. The van der Waals surface area contributed by atoms with Gasteiger partial charge in [0.05, 0.1) is 6.10 Å². The summed E-state index contributed by atoms with van der Waals surface area (Å²) in [4.78, 5) is 23.5. The molecule has 1 aliphatic heterocycles. The number of fused-ring (bicyclic) bond motifs is 7. The van der Waals surface area contributed by atoms with Gasteiger partial charge in [0, 0.05) is 18.3 Å². The normalized spacial score (nSPS) is 51.7. The number of hydrogen-bond donors (Lipinski definition) is 0. The van der Waals surface area contributed by atoms with Crippen molar-refractivity contribution in [1.82, 2.24) is 0 Å². The Balaban J connectivity index is 1.42. The summed E-state index contributed by atoms with van der Waals surface area (Å²) in [6, 6.07) is 0. The SMILES string of the molecule is CC(=O)O[C@H]1CC[C@H]2[C@@H]3CCC4=CC(=O)[C@@H]5O[C@H]5[C@@H]4[C@H]3CC[C@]12C. The molecule has 4 fully saturated rings. The molecule has 24 heavy (non-hydrogen) atoms. The molecule has 130 valence electrons. The molecule has 1 heterocycles. The molecule has 0 unspecified atom stereocenters. The van der Waals surface area contributed by atoms with Crippen molar-refractivity contribution in [2.75, 3.05) is 0 Å². The number of ketones is 1. The first-order chi connectivity index (χ1) is 11.5. The van der Waals surface area contributed by atoms with Crippen LogP contribution < -0.4 is 0 Å². The summed E-state index contributed by atoms with van der Waals surface area (Å²) in [5.74, 6) is 2.53. The summed E-state index contributed by atoms with van der Waals surface area (Å²) < 4.78 is 11.4. The molecule has 0 aromatic heterocycles. The van der Waals surface area contributed by atoms with E-state index in [1.54, 1.807) is 0 Å². The van der Waals surface area contributed by atoms with Crippen molar-refractivity contribution in [3.05, 3.63) is 11.6 Å². The molecule has 0 N–H and O–H groups in total. The molecule has 8 atom stereocenters. The highest BCUT2D eigenvalue weighted by molar-refractivity contribution is 5.97. The van der Waals surface area contributed by atoms with E-state index in [4.69, 9.17) is 9.47 Å². The van der Waals surface area contributed by atoms with E-state index in [1.807, 2.05) is 6.08 Å². The fourth-order valence-electron chi connectivity index (χ4n) is 6.81. The van der Waals surface area contributed by atoms with E-state index in [2.05, 4.69) is 6.92 Å². The Morgan fingerprint density at radius 1 is 1.25 bits per heavy atom. The van der Waals surface area contributed by atoms with Crippen molar-refractivity contribution in [2.24, 2.45) is 29.1 Å².